The number of rotatable bonds is 7. The van der Waals surface area contributed by atoms with Crippen molar-refractivity contribution in [3.05, 3.63) is 72.8 Å². The number of aromatic nitrogens is 1. The van der Waals surface area contributed by atoms with E-state index >= 15 is 0 Å². The van der Waals surface area contributed by atoms with Gasteiger partial charge in [-0.05, 0) is 61.0 Å². The van der Waals surface area contributed by atoms with E-state index in [1.807, 2.05) is 61.5 Å². The molecule has 0 aliphatic heterocycles. The number of fused-ring (bicyclic) bond motifs is 1. The van der Waals surface area contributed by atoms with Crippen LogP contribution in [0.2, 0.25) is 0 Å². The van der Waals surface area contributed by atoms with Crippen LogP contribution in [-0.4, -0.2) is 24.1 Å². The summed E-state index contributed by atoms with van der Waals surface area (Å²) in [6, 6.07) is 22.2. The fourth-order valence-electron chi connectivity index (χ4n) is 3.07. The molecule has 6 nitrogen and oxygen atoms in total. The molecule has 4 aromatic rings. The summed E-state index contributed by atoms with van der Waals surface area (Å²) in [5, 5.41) is 2.91. The molecular weight excluding hydrogens is 380 g/mol. The first-order valence-electron chi connectivity index (χ1n) is 9.74. The number of hydrogen-bond donors (Lipinski definition) is 1. The molecule has 1 amide bonds. The monoisotopic (exact) mass is 402 g/mol. The van der Waals surface area contributed by atoms with Crippen LogP contribution in [0.4, 0.5) is 5.69 Å². The minimum atomic E-state index is -0.588. The number of carbonyl (C=O) groups excluding carboxylic acids is 1. The molecule has 1 N–H and O–H groups in total. The van der Waals surface area contributed by atoms with Crippen LogP contribution in [-0.2, 0) is 4.79 Å². The first kappa shape index (κ1) is 19.5. The Labute approximate surface area is 174 Å². The van der Waals surface area contributed by atoms with Crippen molar-refractivity contribution in [3.8, 4) is 23.0 Å². The van der Waals surface area contributed by atoms with E-state index in [2.05, 4.69) is 10.3 Å². The number of nitrogens with zero attached hydrogens (tertiary/aromatic N) is 1. The van der Waals surface area contributed by atoms with E-state index in [0.29, 0.717) is 34.8 Å². The second-order valence-electron chi connectivity index (χ2n) is 6.75. The molecule has 0 radical (unpaired) electrons. The van der Waals surface area contributed by atoms with Crippen molar-refractivity contribution in [2.45, 2.75) is 19.4 Å². The highest BCUT2D eigenvalue weighted by atomic mass is 16.5. The summed E-state index contributed by atoms with van der Waals surface area (Å²) in [6.07, 6.45) is -0.0376. The average molecular weight is 402 g/mol. The third-order valence-corrected chi connectivity index (χ3v) is 4.68. The third-order valence-electron chi connectivity index (χ3n) is 4.68. The number of anilines is 1. The van der Waals surface area contributed by atoms with Crippen LogP contribution >= 0.6 is 0 Å². The maximum absolute atomic E-state index is 12.7. The number of hydrogen-bond acceptors (Lipinski definition) is 5. The first-order chi connectivity index (χ1) is 14.7. The van der Waals surface area contributed by atoms with Gasteiger partial charge in [0.1, 0.15) is 17.0 Å². The van der Waals surface area contributed by atoms with Gasteiger partial charge in [0.05, 0.1) is 7.11 Å². The summed E-state index contributed by atoms with van der Waals surface area (Å²) in [4.78, 5) is 17.2. The molecule has 0 saturated heterocycles. The summed E-state index contributed by atoms with van der Waals surface area (Å²) in [6.45, 7) is 1.91. The Kier molecular flexibility index (Phi) is 5.66. The molecule has 3 aromatic carbocycles. The second kappa shape index (κ2) is 8.69. The van der Waals surface area contributed by atoms with Crippen LogP contribution < -0.4 is 14.8 Å². The first-order valence-corrected chi connectivity index (χ1v) is 9.74. The molecule has 1 unspecified atom stereocenters. The highest BCUT2D eigenvalue weighted by molar-refractivity contribution is 5.96. The minimum absolute atomic E-state index is 0.209. The molecule has 4 rings (SSSR count). The Hall–Kier alpha value is -3.80. The predicted molar refractivity (Wildman–Crippen MR) is 116 cm³/mol. The van der Waals surface area contributed by atoms with Gasteiger partial charge < -0.3 is 19.2 Å². The van der Waals surface area contributed by atoms with E-state index in [-0.39, 0.29) is 5.91 Å². The highest BCUT2D eigenvalue weighted by Crippen LogP contribution is 2.27. The molecule has 0 spiro atoms. The van der Waals surface area contributed by atoms with Gasteiger partial charge in [-0.25, -0.2) is 4.98 Å². The minimum Gasteiger partial charge on any atom is -0.497 e. The lowest BCUT2D eigenvalue weighted by Gasteiger charge is -2.17. The zero-order valence-corrected chi connectivity index (χ0v) is 16.8. The van der Waals surface area contributed by atoms with Gasteiger partial charge >= 0.3 is 0 Å². The van der Waals surface area contributed by atoms with Gasteiger partial charge in [0.15, 0.2) is 11.7 Å². The molecule has 0 bridgehead atoms. The van der Waals surface area contributed by atoms with E-state index in [9.17, 15) is 4.79 Å². The van der Waals surface area contributed by atoms with Crippen LogP contribution in [0.5, 0.6) is 11.5 Å². The Morgan fingerprint density at radius 1 is 1.03 bits per heavy atom. The predicted octanol–water partition coefficient (Wildman–Crippen LogP) is 5.30. The second-order valence-corrected chi connectivity index (χ2v) is 6.75. The molecule has 1 aromatic heterocycles. The largest absolute Gasteiger partial charge is 0.497 e. The van der Waals surface area contributed by atoms with Crippen molar-refractivity contribution >= 4 is 22.7 Å². The van der Waals surface area contributed by atoms with Gasteiger partial charge in [-0.1, -0.05) is 25.1 Å². The van der Waals surface area contributed by atoms with Crippen molar-refractivity contribution in [2.24, 2.45) is 0 Å². The highest BCUT2D eigenvalue weighted by Gasteiger charge is 2.19. The molecule has 0 saturated carbocycles. The van der Waals surface area contributed by atoms with Crippen molar-refractivity contribution in [1.82, 2.24) is 4.98 Å². The van der Waals surface area contributed by atoms with Crippen LogP contribution in [0.3, 0.4) is 0 Å². The Morgan fingerprint density at radius 2 is 1.80 bits per heavy atom. The maximum atomic E-state index is 12.7. The number of benzene rings is 3. The molecule has 6 heteroatoms. The van der Waals surface area contributed by atoms with Gasteiger partial charge in [-0.15, -0.1) is 0 Å². The fourth-order valence-corrected chi connectivity index (χ4v) is 3.07. The van der Waals surface area contributed by atoms with Crippen LogP contribution in [0.15, 0.2) is 77.2 Å². The van der Waals surface area contributed by atoms with E-state index < -0.39 is 6.10 Å². The lowest BCUT2D eigenvalue weighted by atomic mass is 10.2. The third kappa shape index (κ3) is 4.27. The Morgan fingerprint density at radius 3 is 2.50 bits per heavy atom. The molecule has 152 valence electrons. The van der Waals surface area contributed by atoms with Crippen molar-refractivity contribution in [1.29, 1.82) is 0 Å². The fraction of sp³-hybridized carbons (Fsp3) is 0.167. The standard InChI is InChI=1S/C24H22N2O4/c1-3-21(29-19-7-5-4-6-8-19)23(27)25-17-11-14-22-20(15-17)26-24(30-22)16-9-12-18(28-2)13-10-16/h4-15,21H,3H2,1-2H3,(H,25,27). The maximum Gasteiger partial charge on any atom is 0.265 e. The van der Waals surface area contributed by atoms with Crippen LogP contribution in [0.1, 0.15) is 13.3 Å². The smallest absolute Gasteiger partial charge is 0.265 e. The molecule has 0 aliphatic rings. The van der Waals surface area contributed by atoms with Crippen LogP contribution in [0.25, 0.3) is 22.6 Å². The molecule has 0 fully saturated rings. The molecule has 0 aliphatic carbocycles. The SMILES string of the molecule is CCC(Oc1ccccc1)C(=O)Nc1ccc2oc(-c3ccc(OC)cc3)nc2c1. The number of amides is 1. The van der Waals surface area contributed by atoms with Gasteiger partial charge in [0.25, 0.3) is 5.91 Å². The van der Waals surface area contributed by atoms with Gasteiger partial charge in [-0.2, -0.15) is 0 Å². The Balaban J connectivity index is 1.50. The van der Waals surface area contributed by atoms with E-state index in [0.717, 1.165) is 11.3 Å². The number of ether oxygens (including phenoxy) is 2. The van der Waals surface area contributed by atoms with Gasteiger partial charge in [0, 0.05) is 11.3 Å². The summed E-state index contributed by atoms with van der Waals surface area (Å²) in [7, 11) is 1.62. The van der Waals surface area contributed by atoms with Gasteiger partial charge in [0.2, 0.25) is 5.89 Å². The summed E-state index contributed by atoms with van der Waals surface area (Å²) in [5.41, 5.74) is 2.79. The van der Waals surface area contributed by atoms with E-state index in [1.165, 1.54) is 0 Å². The van der Waals surface area contributed by atoms with Gasteiger partial charge in [-0.3, -0.25) is 4.79 Å². The molecule has 1 heterocycles. The molecule has 30 heavy (non-hydrogen) atoms. The number of methoxy groups -OCH3 is 1. The lowest BCUT2D eigenvalue weighted by molar-refractivity contribution is -0.122. The average Bonchev–Trinajstić information content (AvgIpc) is 3.21. The van der Waals surface area contributed by atoms with Crippen molar-refractivity contribution in [3.63, 3.8) is 0 Å². The lowest BCUT2D eigenvalue weighted by Crippen LogP contribution is -2.32. The molecule has 1 atom stereocenters. The molecular formula is C24H22N2O4. The van der Waals surface area contributed by atoms with Crippen molar-refractivity contribution in [2.75, 3.05) is 12.4 Å². The summed E-state index contributed by atoms with van der Waals surface area (Å²) >= 11 is 0. The Bertz CT molecular complexity index is 1140. The summed E-state index contributed by atoms with van der Waals surface area (Å²) in [5.74, 6) is 1.73. The van der Waals surface area contributed by atoms with Crippen molar-refractivity contribution < 1.29 is 18.7 Å². The van der Waals surface area contributed by atoms with E-state index in [4.69, 9.17) is 13.9 Å². The number of para-hydroxylation sites is 1. The number of oxazole rings is 1. The summed E-state index contributed by atoms with van der Waals surface area (Å²) < 4.78 is 16.8. The topological polar surface area (TPSA) is 73.6 Å². The zero-order chi connectivity index (χ0) is 20.9. The number of nitrogens with one attached hydrogen (secondary N) is 1. The number of carbonyl (C=O) groups is 1. The quantitative estimate of drug-likeness (QED) is 0.454. The van der Waals surface area contributed by atoms with Crippen LogP contribution in [0, 0.1) is 0 Å². The zero-order valence-electron chi connectivity index (χ0n) is 16.8. The van der Waals surface area contributed by atoms with E-state index in [1.54, 1.807) is 25.3 Å². The normalized spacial score (nSPS) is 11.8.